The van der Waals surface area contributed by atoms with Crippen LogP contribution in [0.2, 0.25) is 0 Å². The van der Waals surface area contributed by atoms with Gasteiger partial charge in [0.2, 0.25) is 23.6 Å². The summed E-state index contributed by atoms with van der Waals surface area (Å²) in [5, 5.41) is 5.53. The monoisotopic (exact) mass is 578 g/mol. The van der Waals surface area contributed by atoms with Gasteiger partial charge in [0.05, 0.1) is 27.8 Å². The van der Waals surface area contributed by atoms with Crippen LogP contribution in [-0.2, 0) is 19.2 Å². The molecule has 4 amide bonds. The van der Waals surface area contributed by atoms with Crippen molar-refractivity contribution in [3.05, 3.63) is 54.1 Å². The van der Waals surface area contributed by atoms with Crippen molar-refractivity contribution < 1.29 is 23.9 Å². The molecule has 7 heteroatoms. The predicted molar refractivity (Wildman–Crippen MR) is 157 cm³/mol. The van der Waals surface area contributed by atoms with E-state index in [-0.39, 0.29) is 47.5 Å². The third kappa shape index (κ3) is 2.97. The molecule has 4 bridgehead atoms. The molecule has 2 saturated heterocycles. The molecular formula is C36H38N2O5. The lowest BCUT2D eigenvalue weighted by Crippen LogP contribution is -2.64. The molecule has 0 aromatic heterocycles. The number of amides is 4. The fraction of sp³-hybridized carbons (Fsp3) is 0.556. The summed E-state index contributed by atoms with van der Waals surface area (Å²) in [7, 11) is 0. The average Bonchev–Trinajstić information content (AvgIpc) is 3.28. The zero-order valence-corrected chi connectivity index (χ0v) is 24.5. The second kappa shape index (κ2) is 8.58. The van der Waals surface area contributed by atoms with Crippen molar-refractivity contribution in [3.63, 3.8) is 0 Å². The number of para-hydroxylation sites is 1. The van der Waals surface area contributed by atoms with Crippen molar-refractivity contribution in [2.24, 2.45) is 33.5 Å². The predicted octanol–water partition coefficient (Wildman–Crippen LogP) is 5.42. The second-order valence-corrected chi connectivity index (χ2v) is 14.8. The summed E-state index contributed by atoms with van der Waals surface area (Å²) in [5.74, 6) is 1.02. The lowest BCUT2D eigenvalue weighted by molar-refractivity contribution is -0.188. The molecule has 8 atom stereocenters. The number of fused-ring (bicyclic) bond motifs is 6. The maximum absolute atomic E-state index is 13.7. The van der Waals surface area contributed by atoms with Crippen LogP contribution in [0.4, 0.5) is 0 Å². The highest BCUT2D eigenvalue weighted by atomic mass is 16.5. The van der Waals surface area contributed by atoms with Crippen molar-refractivity contribution in [2.75, 3.05) is 0 Å². The number of hydrogen-bond donors (Lipinski definition) is 2. The number of ether oxygens (including phenoxy) is 1. The van der Waals surface area contributed by atoms with Gasteiger partial charge in [-0.15, -0.1) is 0 Å². The molecular weight excluding hydrogens is 540 g/mol. The third-order valence-electron chi connectivity index (χ3n) is 13.6. The average molecular weight is 579 g/mol. The third-order valence-corrected chi connectivity index (χ3v) is 13.6. The number of nitrogens with one attached hydrogen (secondary N) is 2. The quantitative estimate of drug-likeness (QED) is 0.407. The van der Waals surface area contributed by atoms with Gasteiger partial charge in [0.1, 0.15) is 5.75 Å². The molecule has 43 heavy (non-hydrogen) atoms. The van der Waals surface area contributed by atoms with Gasteiger partial charge in [-0.3, -0.25) is 29.8 Å². The Hall–Kier alpha value is -3.48. The van der Waals surface area contributed by atoms with E-state index < -0.39 is 21.7 Å². The van der Waals surface area contributed by atoms with Gasteiger partial charge in [0.25, 0.3) is 0 Å². The first kappa shape index (κ1) is 26.0. The Kier molecular flexibility index (Phi) is 5.18. The highest BCUT2D eigenvalue weighted by Gasteiger charge is 2.78. The molecule has 9 rings (SSSR count). The molecule has 2 N–H and O–H groups in total. The van der Waals surface area contributed by atoms with Crippen LogP contribution in [0, 0.1) is 33.5 Å². The van der Waals surface area contributed by atoms with Crippen molar-refractivity contribution in [1.29, 1.82) is 0 Å². The Morgan fingerprint density at radius 2 is 1.19 bits per heavy atom. The summed E-state index contributed by atoms with van der Waals surface area (Å²) in [6, 6.07) is 16.6. The normalized spacial score (nSPS) is 42.4. The molecule has 0 radical (unpaired) electrons. The highest BCUT2D eigenvalue weighted by Crippen LogP contribution is 2.74. The van der Waals surface area contributed by atoms with Crippen LogP contribution in [0.5, 0.6) is 5.75 Å². The molecule has 4 saturated carbocycles. The molecule has 3 heterocycles. The molecule has 2 aromatic rings. The van der Waals surface area contributed by atoms with Crippen LogP contribution >= 0.6 is 0 Å². The van der Waals surface area contributed by atoms with Crippen LogP contribution < -0.4 is 15.4 Å². The Morgan fingerprint density at radius 1 is 0.605 bits per heavy atom. The number of imide groups is 2. The van der Waals surface area contributed by atoms with Crippen LogP contribution in [0.25, 0.3) is 11.1 Å². The Balaban J connectivity index is 1.15. The number of carbonyl (C=O) groups is 4. The summed E-state index contributed by atoms with van der Waals surface area (Å²) in [4.78, 5) is 53.8. The molecule has 2 aromatic carbocycles. The lowest BCUT2D eigenvalue weighted by atomic mass is 9.37. The van der Waals surface area contributed by atoms with Gasteiger partial charge < -0.3 is 4.74 Å². The Morgan fingerprint density at radius 3 is 1.88 bits per heavy atom. The van der Waals surface area contributed by atoms with Crippen molar-refractivity contribution >= 4 is 23.6 Å². The zero-order chi connectivity index (χ0) is 29.2. The van der Waals surface area contributed by atoms with E-state index in [0.717, 1.165) is 74.7 Å². The van der Waals surface area contributed by atoms with E-state index in [4.69, 9.17) is 4.74 Å². The highest BCUT2D eigenvalue weighted by molar-refractivity contribution is 6.12. The Bertz CT molecular complexity index is 1620. The number of hydrogen-bond acceptors (Lipinski definition) is 5. The summed E-state index contributed by atoms with van der Waals surface area (Å²) in [5.41, 5.74) is 0.862. The van der Waals surface area contributed by atoms with Gasteiger partial charge in [0, 0.05) is 5.56 Å². The zero-order valence-electron chi connectivity index (χ0n) is 24.5. The smallest absolute Gasteiger partial charge is 0.234 e. The van der Waals surface area contributed by atoms with E-state index >= 15 is 0 Å². The summed E-state index contributed by atoms with van der Waals surface area (Å²) in [6.07, 6.45) is 9.51. The van der Waals surface area contributed by atoms with Gasteiger partial charge >= 0.3 is 0 Å². The summed E-state index contributed by atoms with van der Waals surface area (Å²) < 4.78 is 6.83. The number of carbonyl (C=O) groups excluding carboxylic acids is 4. The van der Waals surface area contributed by atoms with E-state index in [0.29, 0.717) is 19.3 Å². The SMILES string of the molecule is O=C1NC(=O)C23CC4CCC12CC3CCCCC1CC23CCC(CC12C(=O)NC3=O)c1ccccc1-c1ccccc1O4. The van der Waals surface area contributed by atoms with E-state index in [1.54, 1.807) is 0 Å². The van der Waals surface area contributed by atoms with Gasteiger partial charge in [-0.05, 0) is 99.2 Å². The maximum atomic E-state index is 13.7. The largest absolute Gasteiger partial charge is 0.490 e. The van der Waals surface area contributed by atoms with Gasteiger partial charge in [-0.25, -0.2) is 0 Å². The molecule has 7 aliphatic rings. The number of rotatable bonds is 0. The van der Waals surface area contributed by atoms with Crippen molar-refractivity contribution in [3.8, 4) is 16.9 Å². The molecule has 222 valence electrons. The Labute approximate surface area is 251 Å². The van der Waals surface area contributed by atoms with Gasteiger partial charge in [0.15, 0.2) is 0 Å². The van der Waals surface area contributed by atoms with Crippen LogP contribution in [0.15, 0.2) is 48.5 Å². The van der Waals surface area contributed by atoms with Crippen molar-refractivity contribution in [2.45, 2.75) is 89.1 Å². The number of benzene rings is 2. The minimum absolute atomic E-state index is 0.0563. The lowest BCUT2D eigenvalue weighted by Gasteiger charge is -2.62. The molecule has 7 nitrogen and oxygen atoms in total. The second-order valence-electron chi connectivity index (χ2n) is 14.8. The molecule has 2 spiro atoms. The molecule has 8 unspecified atom stereocenters. The molecule has 4 aliphatic carbocycles. The fourth-order valence-corrected chi connectivity index (χ4v) is 11.6. The van der Waals surface area contributed by atoms with E-state index in [1.165, 1.54) is 5.56 Å². The molecule has 6 fully saturated rings. The van der Waals surface area contributed by atoms with E-state index in [9.17, 15) is 19.2 Å². The van der Waals surface area contributed by atoms with Crippen LogP contribution in [0.3, 0.4) is 0 Å². The standard InChI is InChI=1S/C36H38N2O5/c39-29-33-15-13-21-17-35(33,31(41)37-29)22(18-33)7-1-2-8-23-19-34-16-14-24(20-36(23,34)32(42)38-30(34)40)43-28-12-6-5-11-27(28)26-10-4-3-9-25(21)26/h3-6,9-12,21-24H,1-2,7-8,13-20H2,(H,37,39,41)(H,38,40,42). The minimum Gasteiger partial charge on any atom is -0.490 e. The fourth-order valence-electron chi connectivity index (χ4n) is 11.6. The molecule has 3 aliphatic heterocycles. The van der Waals surface area contributed by atoms with Gasteiger partial charge in [-0.2, -0.15) is 0 Å². The first-order chi connectivity index (χ1) is 20.8. The first-order valence-electron chi connectivity index (χ1n) is 16.4. The van der Waals surface area contributed by atoms with Crippen molar-refractivity contribution in [1.82, 2.24) is 10.6 Å². The summed E-state index contributed by atoms with van der Waals surface area (Å²) in [6.45, 7) is 0. The van der Waals surface area contributed by atoms with E-state index in [1.807, 2.05) is 18.2 Å². The van der Waals surface area contributed by atoms with E-state index in [2.05, 4.69) is 41.0 Å². The van der Waals surface area contributed by atoms with Crippen LogP contribution in [0.1, 0.15) is 88.5 Å². The minimum atomic E-state index is -0.688. The first-order valence-corrected chi connectivity index (χ1v) is 16.4. The maximum Gasteiger partial charge on any atom is 0.234 e. The van der Waals surface area contributed by atoms with Gasteiger partial charge in [-0.1, -0.05) is 55.3 Å². The van der Waals surface area contributed by atoms with Crippen LogP contribution in [-0.4, -0.2) is 29.7 Å². The topological polar surface area (TPSA) is 102 Å². The summed E-state index contributed by atoms with van der Waals surface area (Å²) >= 11 is 0.